The van der Waals surface area contributed by atoms with E-state index < -0.39 is 36.7 Å². The van der Waals surface area contributed by atoms with Crippen LogP contribution in [-0.2, 0) is 25.5 Å². The number of carbonyl (C=O) groups is 5. The van der Waals surface area contributed by atoms with Gasteiger partial charge in [-0.15, -0.1) is 0 Å². The number of rotatable bonds is 5. The van der Waals surface area contributed by atoms with Crippen LogP contribution in [0.5, 0.6) is 5.75 Å². The van der Waals surface area contributed by atoms with Gasteiger partial charge in [-0.2, -0.15) is 0 Å². The molecule has 9 heteroatoms. The van der Waals surface area contributed by atoms with E-state index in [0.29, 0.717) is 22.6 Å². The molecule has 0 unspecified atom stereocenters. The van der Waals surface area contributed by atoms with Crippen LogP contribution in [0.1, 0.15) is 26.3 Å². The lowest BCUT2D eigenvalue weighted by Gasteiger charge is -2.25. The van der Waals surface area contributed by atoms with Crippen molar-refractivity contribution in [3.05, 3.63) is 59.2 Å². The zero-order valence-electron chi connectivity index (χ0n) is 15.7. The number of benzene rings is 2. The van der Waals surface area contributed by atoms with Gasteiger partial charge in [-0.25, -0.2) is 0 Å². The van der Waals surface area contributed by atoms with Crippen LogP contribution in [0.15, 0.2) is 42.5 Å². The molecule has 2 aromatic carbocycles. The fraction of sp³-hybridized carbons (Fsp3) is 0.190. The lowest BCUT2D eigenvalue weighted by molar-refractivity contribution is -0.146. The molecule has 0 aromatic heterocycles. The van der Waals surface area contributed by atoms with Gasteiger partial charge < -0.3 is 14.8 Å². The van der Waals surface area contributed by atoms with Gasteiger partial charge in [-0.3, -0.25) is 28.9 Å². The van der Waals surface area contributed by atoms with E-state index in [9.17, 15) is 24.0 Å². The average molecular weight is 408 g/mol. The van der Waals surface area contributed by atoms with Gasteiger partial charge in [0.1, 0.15) is 12.3 Å². The first-order valence-electron chi connectivity index (χ1n) is 9.10. The minimum atomic E-state index is -0.876. The van der Waals surface area contributed by atoms with Crippen molar-refractivity contribution >= 4 is 35.2 Å². The normalized spacial score (nSPS) is 14.9. The molecule has 2 heterocycles. The number of hydrogen-bond donors (Lipinski definition) is 1. The minimum Gasteiger partial charge on any atom is -0.482 e. The predicted octanol–water partition coefficient (Wildman–Crippen LogP) is 0.968. The first-order valence-corrected chi connectivity index (χ1v) is 9.10. The Morgan fingerprint density at radius 1 is 1.10 bits per heavy atom. The number of fused-ring (bicyclic) bond motifs is 2. The van der Waals surface area contributed by atoms with Crippen LogP contribution >= 0.6 is 0 Å². The van der Waals surface area contributed by atoms with Crippen LogP contribution in [0.2, 0.25) is 0 Å². The number of Topliss-reactive ketones (excluding diaryl/α,β-unsaturated/α-hetero) is 1. The third kappa shape index (κ3) is 3.77. The molecule has 2 aliphatic heterocycles. The Hall–Kier alpha value is -4.01. The van der Waals surface area contributed by atoms with Crippen molar-refractivity contribution in [2.45, 2.75) is 6.42 Å². The number of ether oxygens (including phenoxy) is 2. The van der Waals surface area contributed by atoms with Crippen molar-refractivity contribution in [1.82, 2.24) is 4.90 Å². The topological polar surface area (TPSA) is 119 Å². The Bertz CT molecular complexity index is 1090. The molecule has 1 N–H and O–H groups in total. The summed E-state index contributed by atoms with van der Waals surface area (Å²) in [4.78, 5) is 61.3. The van der Waals surface area contributed by atoms with Crippen LogP contribution in [0.25, 0.3) is 0 Å². The van der Waals surface area contributed by atoms with Crippen LogP contribution < -0.4 is 10.1 Å². The van der Waals surface area contributed by atoms with Gasteiger partial charge in [0.2, 0.25) is 5.91 Å². The quantitative estimate of drug-likeness (QED) is 0.445. The van der Waals surface area contributed by atoms with Gasteiger partial charge in [0.05, 0.1) is 12.1 Å². The number of carbonyl (C=O) groups excluding carboxylic acids is 5. The Morgan fingerprint density at radius 2 is 1.90 bits per heavy atom. The molecule has 0 spiro atoms. The molecule has 0 radical (unpaired) electrons. The maximum absolute atomic E-state index is 12.5. The average Bonchev–Trinajstić information content (AvgIpc) is 2.74. The fourth-order valence-corrected chi connectivity index (χ4v) is 3.22. The second-order valence-electron chi connectivity index (χ2n) is 6.75. The molecule has 3 amide bonds. The molecule has 30 heavy (non-hydrogen) atoms. The first-order chi connectivity index (χ1) is 14.4. The van der Waals surface area contributed by atoms with E-state index >= 15 is 0 Å². The summed E-state index contributed by atoms with van der Waals surface area (Å²) in [6.45, 7) is -1.25. The van der Waals surface area contributed by atoms with Gasteiger partial charge in [0, 0.05) is 11.1 Å². The number of amides is 3. The molecule has 2 aromatic rings. The van der Waals surface area contributed by atoms with Crippen molar-refractivity contribution in [1.29, 1.82) is 0 Å². The highest BCUT2D eigenvalue weighted by Crippen LogP contribution is 2.28. The number of ketones is 1. The van der Waals surface area contributed by atoms with E-state index in [-0.39, 0.29) is 24.5 Å². The van der Waals surface area contributed by atoms with E-state index in [1.54, 1.807) is 24.3 Å². The number of esters is 1. The summed E-state index contributed by atoms with van der Waals surface area (Å²) in [5, 5.41) is 2.59. The summed E-state index contributed by atoms with van der Waals surface area (Å²) in [5.74, 6) is -2.36. The number of hydrogen-bond acceptors (Lipinski definition) is 7. The Balaban J connectivity index is 1.37. The summed E-state index contributed by atoms with van der Waals surface area (Å²) in [5.41, 5.74) is 1.54. The minimum absolute atomic E-state index is 0.0110. The summed E-state index contributed by atoms with van der Waals surface area (Å²) in [7, 11) is 0. The summed E-state index contributed by atoms with van der Waals surface area (Å²) in [6, 6.07) is 11.1. The van der Waals surface area contributed by atoms with Gasteiger partial charge in [0.25, 0.3) is 11.8 Å². The van der Waals surface area contributed by atoms with Crippen LogP contribution in [0.4, 0.5) is 5.69 Å². The van der Waals surface area contributed by atoms with Crippen molar-refractivity contribution in [2.24, 2.45) is 0 Å². The number of imide groups is 1. The van der Waals surface area contributed by atoms with Gasteiger partial charge in [0.15, 0.2) is 19.0 Å². The van der Waals surface area contributed by atoms with Crippen LogP contribution in [0.3, 0.4) is 0 Å². The largest absolute Gasteiger partial charge is 0.482 e. The maximum atomic E-state index is 12.5. The van der Waals surface area contributed by atoms with Crippen LogP contribution in [0, 0.1) is 0 Å². The van der Waals surface area contributed by atoms with Crippen molar-refractivity contribution < 1.29 is 33.4 Å². The molecule has 2 aliphatic rings. The highest BCUT2D eigenvalue weighted by atomic mass is 16.5. The highest BCUT2D eigenvalue weighted by molar-refractivity contribution is 6.11. The zero-order valence-corrected chi connectivity index (χ0v) is 15.7. The highest BCUT2D eigenvalue weighted by Gasteiger charge is 2.32. The smallest absolute Gasteiger partial charge is 0.326 e. The molecule has 0 aliphatic carbocycles. The van der Waals surface area contributed by atoms with E-state index in [0.717, 1.165) is 4.90 Å². The molecular formula is C21H16N2O7. The van der Waals surface area contributed by atoms with Gasteiger partial charge in [-0.1, -0.05) is 18.2 Å². The molecule has 0 atom stereocenters. The SMILES string of the molecule is O=C1COc2ccc(C(=O)COC(=O)CN3C(=O)Cc4ccccc4C3=O)cc2N1. The van der Waals surface area contributed by atoms with E-state index in [2.05, 4.69) is 5.32 Å². The molecule has 152 valence electrons. The fourth-order valence-electron chi connectivity index (χ4n) is 3.22. The van der Waals surface area contributed by atoms with E-state index in [1.807, 2.05) is 0 Å². The predicted molar refractivity (Wildman–Crippen MR) is 102 cm³/mol. The molecule has 0 saturated carbocycles. The molecule has 9 nitrogen and oxygen atoms in total. The Morgan fingerprint density at radius 3 is 2.73 bits per heavy atom. The van der Waals surface area contributed by atoms with E-state index in [4.69, 9.17) is 9.47 Å². The second kappa shape index (κ2) is 7.78. The standard InChI is InChI=1S/C21H16N2O7/c24-16(13-5-6-17-15(7-13)22-18(25)11-29-17)10-30-20(27)9-23-19(26)8-12-3-1-2-4-14(12)21(23)28/h1-7H,8-11H2,(H,22,25). The third-order valence-corrected chi connectivity index (χ3v) is 4.72. The third-order valence-electron chi connectivity index (χ3n) is 4.72. The number of nitrogens with one attached hydrogen (secondary N) is 1. The summed E-state index contributed by atoms with van der Waals surface area (Å²) in [6.07, 6.45) is 0.0110. The lowest BCUT2D eigenvalue weighted by Crippen LogP contribution is -2.45. The van der Waals surface area contributed by atoms with Gasteiger partial charge in [-0.05, 0) is 29.8 Å². The van der Waals surface area contributed by atoms with Crippen molar-refractivity contribution in [3.63, 3.8) is 0 Å². The zero-order chi connectivity index (χ0) is 21.3. The molecule has 0 bridgehead atoms. The van der Waals surface area contributed by atoms with Gasteiger partial charge >= 0.3 is 5.97 Å². The first kappa shape index (κ1) is 19.3. The molecule has 0 saturated heterocycles. The Kier molecular flexibility index (Phi) is 5.01. The monoisotopic (exact) mass is 408 g/mol. The van der Waals surface area contributed by atoms with E-state index in [1.165, 1.54) is 18.2 Å². The Labute approximate surface area is 170 Å². The molecule has 0 fully saturated rings. The molecule has 4 rings (SSSR count). The van der Waals surface area contributed by atoms with Crippen LogP contribution in [-0.4, -0.2) is 54.1 Å². The molecular weight excluding hydrogens is 392 g/mol. The summed E-state index contributed by atoms with van der Waals surface area (Å²) >= 11 is 0. The number of anilines is 1. The summed E-state index contributed by atoms with van der Waals surface area (Å²) < 4.78 is 10.2. The van der Waals surface area contributed by atoms with Crippen molar-refractivity contribution in [2.75, 3.05) is 25.1 Å². The maximum Gasteiger partial charge on any atom is 0.326 e. The second-order valence-corrected chi connectivity index (χ2v) is 6.75. The lowest BCUT2D eigenvalue weighted by atomic mass is 9.98. The van der Waals surface area contributed by atoms with Crippen molar-refractivity contribution in [3.8, 4) is 5.75 Å². The number of nitrogens with zero attached hydrogens (tertiary/aromatic N) is 1.